The van der Waals surface area contributed by atoms with Crippen molar-refractivity contribution in [2.24, 2.45) is 13.0 Å². The standard InChI is InChI=1S/C28H38N4O5/c1-17-11-21(15-31(6)26(17)34)25-30-22-8-7-19(12-23(22)32(25)14-20-9-10-36-16-20)13-29-24(18(2)33)27(35)37-28(3,4)5/h7-8,11-12,15,18,20,24,29,33H,9-10,13-14,16H2,1-6H3/t18-,20+,24+/m1/s1. The summed E-state index contributed by atoms with van der Waals surface area (Å²) in [4.78, 5) is 29.9. The molecule has 4 rings (SSSR count). The van der Waals surface area contributed by atoms with Crippen LogP contribution in [0.4, 0.5) is 0 Å². The lowest BCUT2D eigenvalue weighted by molar-refractivity contribution is -0.160. The highest BCUT2D eigenvalue weighted by atomic mass is 16.6. The lowest BCUT2D eigenvalue weighted by Gasteiger charge is -2.26. The number of benzene rings is 1. The van der Waals surface area contributed by atoms with Crippen molar-refractivity contribution < 1.29 is 19.4 Å². The van der Waals surface area contributed by atoms with Crippen LogP contribution in [0.2, 0.25) is 0 Å². The Morgan fingerprint density at radius 3 is 2.70 bits per heavy atom. The van der Waals surface area contributed by atoms with Gasteiger partial charge in [0.15, 0.2) is 0 Å². The Labute approximate surface area is 217 Å². The van der Waals surface area contributed by atoms with Gasteiger partial charge in [-0.1, -0.05) is 6.07 Å². The van der Waals surface area contributed by atoms with Crippen LogP contribution >= 0.6 is 0 Å². The molecule has 0 bridgehead atoms. The molecule has 1 saturated heterocycles. The zero-order valence-corrected chi connectivity index (χ0v) is 22.6. The molecule has 1 fully saturated rings. The minimum Gasteiger partial charge on any atom is -0.459 e. The number of aliphatic hydroxyl groups is 1. The molecule has 3 aromatic rings. The number of rotatable bonds is 8. The lowest BCUT2D eigenvalue weighted by atomic mass is 10.1. The molecule has 200 valence electrons. The van der Waals surface area contributed by atoms with Crippen molar-refractivity contribution in [2.75, 3.05) is 13.2 Å². The van der Waals surface area contributed by atoms with Gasteiger partial charge in [-0.05, 0) is 64.8 Å². The molecule has 0 radical (unpaired) electrons. The summed E-state index contributed by atoms with van der Waals surface area (Å²) in [5.41, 5.74) is 3.65. The molecule has 0 saturated carbocycles. The number of aryl methyl sites for hydroxylation is 2. The number of aliphatic hydroxyl groups excluding tert-OH is 1. The van der Waals surface area contributed by atoms with Crippen LogP contribution in [0.3, 0.4) is 0 Å². The zero-order valence-electron chi connectivity index (χ0n) is 22.6. The van der Waals surface area contributed by atoms with E-state index in [-0.39, 0.29) is 5.56 Å². The monoisotopic (exact) mass is 510 g/mol. The first-order valence-corrected chi connectivity index (χ1v) is 12.8. The number of hydrogen-bond acceptors (Lipinski definition) is 7. The highest BCUT2D eigenvalue weighted by Gasteiger charge is 2.29. The highest BCUT2D eigenvalue weighted by Crippen LogP contribution is 2.28. The predicted octanol–water partition coefficient (Wildman–Crippen LogP) is 2.93. The van der Waals surface area contributed by atoms with Gasteiger partial charge in [0.25, 0.3) is 5.56 Å². The average molecular weight is 511 g/mol. The average Bonchev–Trinajstić information content (AvgIpc) is 3.44. The maximum absolute atomic E-state index is 12.6. The number of carbonyl (C=O) groups is 1. The summed E-state index contributed by atoms with van der Waals surface area (Å²) in [7, 11) is 1.75. The van der Waals surface area contributed by atoms with E-state index in [1.54, 1.807) is 39.3 Å². The minimum atomic E-state index is -0.911. The van der Waals surface area contributed by atoms with Crippen LogP contribution in [-0.4, -0.2) is 56.2 Å². The van der Waals surface area contributed by atoms with Gasteiger partial charge in [-0.15, -0.1) is 0 Å². The maximum atomic E-state index is 12.6. The van der Waals surface area contributed by atoms with Crippen molar-refractivity contribution in [2.45, 2.75) is 71.9 Å². The molecule has 0 spiro atoms. The number of carbonyl (C=O) groups excluding carboxylic acids is 1. The molecule has 2 N–H and O–H groups in total. The second kappa shape index (κ2) is 10.8. The summed E-state index contributed by atoms with van der Waals surface area (Å²) < 4.78 is 14.9. The molecule has 3 atom stereocenters. The summed E-state index contributed by atoms with van der Waals surface area (Å²) in [5, 5.41) is 13.4. The fourth-order valence-electron chi connectivity index (χ4n) is 4.71. The second-order valence-electron chi connectivity index (χ2n) is 11.1. The normalized spacial score (nSPS) is 17.8. The van der Waals surface area contributed by atoms with Gasteiger partial charge in [-0.25, -0.2) is 4.98 Å². The number of nitrogens with zero attached hydrogens (tertiary/aromatic N) is 3. The Morgan fingerprint density at radius 1 is 1.32 bits per heavy atom. The van der Waals surface area contributed by atoms with Crippen LogP contribution < -0.4 is 10.9 Å². The molecule has 9 nitrogen and oxygen atoms in total. The van der Waals surface area contributed by atoms with Gasteiger partial charge in [-0.3, -0.25) is 14.9 Å². The van der Waals surface area contributed by atoms with E-state index >= 15 is 0 Å². The third-order valence-corrected chi connectivity index (χ3v) is 6.57. The van der Waals surface area contributed by atoms with Crippen molar-refractivity contribution in [3.05, 3.63) is 51.9 Å². The Morgan fingerprint density at radius 2 is 2.08 bits per heavy atom. The predicted molar refractivity (Wildman–Crippen MR) is 142 cm³/mol. The van der Waals surface area contributed by atoms with E-state index < -0.39 is 23.7 Å². The summed E-state index contributed by atoms with van der Waals surface area (Å²) in [6.07, 6.45) is 1.90. The molecule has 2 aromatic heterocycles. The van der Waals surface area contributed by atoms with Gasteiger partial charge in [-0.2, -0.15) is 0 Å². The fourth-order valence-corrected chi connectivity index (χ4v) is 4.71. The molecule has 1 aliphatic heterocycles. The highest BCUT2D eigenvalue weighted by molar-refractivity contribution is 5.81. The van der Waals surface area contributed by atoms with Gasteiger partial charge in [0.1, 0.15) is 17.5 Å². The molecule has 1 aliphatic rings. The molecule has 37 heavy (non-hydrogen) atoms. The molecule has 0 unspecified atom stereocenters. The largest absolute Gasteiger partial charge is 0.459 e. The third-order valence-electron chi connectivity index (χ3n) is 6.57. The number of aromatic nitrogens is 3. The van der Waals surface area contributed by atoms with E-state index in [2.05, 4.69) is 16.0 Å². The van der Waals surface area contributed by atoms with E-state index in [0.717, 1.165) is 47.6 Å². The number of hydrogen-bond donors (Lipinski definition) is 2. The minimum absolute atomic E-state index is 0.0263. The zero-order chi connectivity index (χ0) is 26.9. The third kappa shape index (κ3) is 6.29. The van der Waals surface area contributed by atoms with Crippen molar-refractivity contribution in [3.8, 4) is 11.4 Å². The Bertz CT molecular complexity index is 1300. The number of ether oxygens (including phenoxy) is 2. The first-order chi connectivity index (χ1) is 17.4. The summed E-state index contributed by atoms with van der Waals surface area (Å²) in [6.45, 7) is 11.4. The smallest absolute Gasteiger partial charge is 0.326 e. The topological polar surface area (TPSA) is 108 Å². The molecule has 1 aromatic carbocycles. The van der Waals surface area contributed by atoms with E-state index in [0.29, 0.717) is 24.6 Å². The Kier molecular flexibility index (Phi) is 7.87. The quantitative estimate of drug-likeness (QED) is 0.449. The van der Waals surface area contributed by atoms with Crippen molar-refractivity contribution in [1.29, 1.82) is 0 Å². The lowest BCUT2D eigenvalue weighted by Crippen LogP contribution is -2.47. The summed E-state index contributed by atoms with van der Waals surface area (Å²) >= 11 is 0. The number of nitrogens with one attached hydrogen (secondary N) is 1. The van der Waals surface area contributed by atoms with Crippen molar-refractivity contribution in [3.63, 3.8) is 0 Å². The van der Waals surface area contributed by atoms with Gasteiger partial charge in [0, 0.05) is 50.0 Å². The number of pyridine rings is 1. The second-order valence-corrected chi connectivity index (χ2v) is 11.1. The molecule has 3 heterocycles. The molecular weight excluding hydrogens is 472 g/mol. The fraction of sp³-hybridized carbons (Fsp3) is 0.536. The van der Waals surface area contributed by atoms with E-state index in [4.69, 9.17) is 14.5 Å². The molecular formula is C28H38N4O5. The van der Waals surface area contributed by atoms with E-state index in [9.17, 15) is 14.7 Å². The van der Waals surface area contributed by atoms with Gasteiger partial charge < -0.3 is 23.7 Å². The first-order valence-electron chi connectivity index (χ1n) is 12.8. The van der Waals surface area contributed by atoms with Gasteiger partial charge >= 0.3 is 5.97 Å². The van der Waals surface area contributed by atoms with Crippen LogP contribution in [0.25, 0.3) is 22.4 Å². The van der Waals surface area contributed by atoms with Crippen molar-refractivity contribution >= 4 is 17.0 Å². The maximum Gasteiger partial charge on any atom is 0.326 e. The first kappa shape index (κ1) is 27.0. The van der Waals surface area contributed by atoms with Crippen LogP contribution in [0, 0.1) is 12.8 Å². The Balaban J connectivity index is 1.68. The van der Waals surface area contributed by atoms with E-state index in [1.807, 2.05) is 31.3 Å². The SMILES string of the molecule is Cc1cc(-c2nc3ccc(CN[C@H](C(=O)OC(C)(C)C)[C@@H](C)O)cc3n2C[C@@H]2CCOC2)cn(C)c1=O. The van der Waals surface area contributed by atoms with Crippen LogP contribution in [0.15, 0.2) is 35.3 Å². The van der Waals surface area contributed by atoms with Crippen LogP contribution in [0.5, 0.6) is 0 Å². The van der Waals surface area contributed by atoms with Gasteiger partial charge in [0.05, 0.1) is 23.7 Å². The number of esters is 1. The molecule has 0 aliphatic carbocycles. The van der Waals surface area contributed by atoms with Crippen molar-refractivity contribution in [1.82, 2.24) is 19.4 Å². The summed E-state index contributed by atoms with van der Waals surface area (Å²) in [6, 6.07) is 7.05. The van der Waals surface area contributed by atoms with E-state index in [1.165, 1.54) is 0 Å². The van der Waals surface area contributed by atoms with Crippen LogP contribution in [0.1, 0.15) is 45.2 Å². The number of imidazole rings is 1. The van der Waals surface area contributed by atoms with Crippen LogP contribution in [-0.2, 0) is 34.4 Å². The molecule has 0 amide bonds. The molecule has 9 heteroatoms. The van der Waals surface area contributed by atoms with Gasteiger partial charge in [0.2, 0.25) is 0 Å². The Hall–Kier alpha value is -3.01. The summed E-state index contributed by atoms with van der Waals surface area (Å²) in [5.74, 6) is 0.696. The number of fused-ring (bicyclic) bond motifs is 1.